The largest absolute Gasteiger partial charge is 0.472 e. The van der Waals surface area contributed by atoms with Crippen LogP contribution in [0.1, 0.15) is 26.0 Å². The van der Waals surface area contributed by atoms with Crippen molar-refractivity contribution in [3.05, 3.63) is 29.7 Å². The Morgan fingerprint density at radius 2 is 2.21 bits per heavy atom. The van der Waals surface area contributed by atoms with E-state index in [4.69, 9.17) is 4.42 Å². The molecule has 3 rings (SSSR count). The first-order valence-electron chi connectivity index (χ1n) is 8.56. The van der Waals surface area contributed by atoms with E-state index in [1.807, 2.05) is 11.4 Å². The summed E-state index contributed by atoms with van der Waals surface area (Å²) in [4.78, 5) is 19.1. The summed E-state index contributed by atoms with van der Waals surface area (Å²) in [6.45, 7) is 8.53. The minimum atomic E-state index is 0.0390. The van der Waals surface area contributed by atoms with Crippen molar-refractivity contribution in [1.29, 1.82) is 0 Å². The van der Waals surface area contributed by atoms with Crippen LogP contribution in [0.25, 0.3) is 10.6 Å². The van der Waals surface area contributed by atoms with Gasteiger partial charge >= 0.3 is 0 Å². The molecule has 0 radical (unpaired) electrons. The van der Waals surface area contributed by atoms with Gasteiger partial charge in [0.25, 0.3) is 0 Å². The second kappa shape index (κ2) is 7.94. The molecule has 0 bridgehead atoms. The maximum atomic E-state index is 12.1. The highest BCUT2D eigenvalue weighted by Gasteiger charge is 2.21. The third-order valence-electron chi connectivity index (χ3n) is 4.36. The molecule has 6 heteroatoms. The smallest absolute Gasteiger partial charge is 0.226 e. The highest BCUT2D eigenvalue weighted by molar-refractivity contribution is 7.13. The van der Waals surface area contributed by atoms with Crippen LogP contribution in [0.5, 0.6) is 0 Å². The monoisotopic (exact) mass is 347 g/mol. The van der Waals surface area contributed by atoms with E-state index in [9.17, 15) is 4.79 Å². The lowest BCUT2D eigenvalue weighted by molar-refractivity contribution is -0.120. The Balaban J connectivity index is 1.41. The van der Waals surface area contributed by atoms with Crippen LogP contribution in [-0.2, 0) is 11.2 Å². The van der Waals surface area contributed by atoms with Crippen LogP contribution in [0.4, 0.5) is 0 Å². The molecule has 1 saturated heterocycles. The molecule has 5 nitrogen and oxygen atoms in total. The highest BCUT2D eigenvalue weighted by atomic mass is 32.1. The third-order valence-corrected chi connectivity index (χ3v) is 5.30. The van der Waals surface area contributed by atoms with Crippen molar-refractivity contribution < 1.29 is 9.21 Å². The Bertz CT molecular complexity index is 643. The summed E-state index contributed by atoms with van der Waals surface area (Å²) in [5, 5.41) is 5.85. The number of nitrogens with zero attached hydrogens (tertiary/aromatic N) is 2. The number of nitrogens with one attached hydrogen (secondary N) is 1. The van der Waals surface area contributed by atoms with Gasteiger partial charge in [0.1, 0.15) is 11.3 Å². The molecule has 0 spiro atoms. The number of amides is 1. The average Bonchev–Trinajstić information content (AvgIpc) is 3.16. The van der Waals surface area contributed by atoms with Gasteiger partial charge in [-0.1, -0.05) is 13.8 Å². The van der Waals surface area contributed by atoms with Crippen molar-refractivity contribution in [2.24, 2.45) is 11.8 Å². The normalized spacial score (nSPS) is 21.8. The van der Waals surface area contributed by atoms with Crippen LogP contribution < -0.4 is 5.32 Å². The van der Waals surface area contributed by atoms with Gasteiger partial charge in [-0.3, -0.25) is 4.79 Å². The van der Waals surface area contributed by atoms with E-state index < -0.39 is 0 Å². The van der Waals surface area contributed by atoms with Gasteiger partial charge in [0, 0.05) is 37.1 Å². The van der Waals surface area contributed by atoms with Crippen molar-refractivity contribution in [2.45, 2.75) is 26.7 Å². The van der Waals surface area contributed by atoms with Gasteiger partial charge in [-0.15, -0.1) is 11.3 Å². The molecule has 3 heterocycles. The number of carbonyl (C=O) groups is 1. The lowest BCUT2D eigenvalue weighted by Gasteiger charge is -2.34. The van der Waals surface area contributed by atoms with Crippen LogP contribution in [0, 0.1) is 11.8 Å². The van der Waals surface area contributed by atoms with E-state index in [1.54, 1.807) is 12.5 Å². The number of carbonyl (C=O) groups excluding carboxylic acids is 1. The number of thiazole rings is 1. The van der Waals surface area contributed by atoms with Crippen molar-refractivity contribution in [2.75, 3.05) is 26.2 Å². The molecule has 24 heavy (non-hydrogen) atoms. The maximum absolute atomic E-state index is 12.1. The fraction of sp³-hybridized carbons (Fsp3) is 0.556. The first-order chi connectivity index (χ1) is 11.6. The van der Waals surface area contributed by atoms with Gasteiger partial charge in [0.2, 0.25) is 5.91 Å². The molecule has 1 aliphatic heterocycles. The van der Waals surface area contributed by atoms with Gasteiger partial charge in [-0.25, -0.2) is 4.98 Å². The number of rotatable bonds is 6. The zero-order chi connectivity index (χ0) is 16.9. The summed E-state index contributed by atoms with van der Waals surface area (Å²) in [5.74, 6) is 1.54. The summed E-state index contributed by atoms with van der Waals surface area (Å²) in [6.07, 6.45) is 4.95. The molecule has 1 fully saturated rings. The number of likely N-dealkylation sites (tertiary alicyclic amines) is 1. The van der Waals surface area contributed by atoms with Crippen molar-refractivity contribution in [1.82, 2.24) is 15.2 Å². The zero-order valence-corrected chi connectivity index (χ0v) is 15.1. The summed E-state index contributed by atoms with van der Waals surface area (Å²) < 4.78 is 5.07. The predicted molar refractivity (Wildman–Crippen MR) is 95.9 cm³/mol. The van der Waals surface area contributed by atoms with Crippen molar-refractivity contribution in [3.63, 3.8) is 0 Å². The van der Waals surface area contributed by atoms with E-state index in [1.165, 1.54) is 17.8 Å². The third kappa shape index (κ3) is 4.68. The second-order valence-corrected chi connectivity index (χ2v) is 7.75. The molecule has 0 unspecified atom stereocenters. The van der Waals surface area contributed by atoms with E-state index in [2.05, 4.69) is 29.0 Å². The first kappa shape index (κ1) is 17.2. The molecular weight excluding hydrogens is 322 g/mol. The molecule has 1 aliphatic rings. The van der Waals surface area contributed by atoms with E-state index in [-0.39, 0.29) is 5.91 Å². The highest BCUT2D eigenvalue weighted by Crippen LogP contribution is 2.24. The molecule has 2 atom stereocenters. The fourth-order valence-corrected chi connectivity index (χ4v) is 4.27. The Morgan fingerprint density at radius 3 is 2.92 bits per heavy atom. The van der Waals surface area contributed by atoms with Gasteiger partial charge in [-0.05, 0) is 24.3 Å². The zero-order valence-electron chi connectivity index (χ0n) is 14.3. The topological polar surface area (TPSA) is 58.4 Å². The molecule has 0 aromatic carbocycles. The lowest BCUT2D eigenvalue weighted by atomic mass is 9.92. The standard InChI is InChI=1S/C18H25N3O2S/c1-13-7-14(2)10-21(9-13)5-4-19-17(22)8-16-12-24-18(20-16)15-3-6-23-11-15/h3,6,11-14H,4-5,7-10H2,1-2H3,(H,19,22)/t13-,14+. The number of hydrogen-bond acceptors (Lipinski definition) is 5. The summed E-state index contributed by atoms with van der Waals surface area (Å²) >= 11 is 1.54. The molecule has 2 aromatic heterocycles. The van der Waals surface area contributed by atoms with E-state index >= 15 is 0 Å². The molecule has 0 aliphatic carbocycles. The Morgan fingerprint density at radius 1 is 1.42 bits per heavy atom. The Labute approximate surface area is 147 Å². The molecule has 1 amide bonds. The Kier molecular flexibility index (Phi) is 5.68. The van der Waals surface area contributed by atoms with Crippen molar-refractivity contribution >= 4 is 17.2 Å². The summed E-state index contributed by atoms with van der Waals surface area (Å²) in [7, 11) is 0. The van der Waals surface area contributed by atoms with Gasteiger partial charge in [-0.2, -0.15) is 0 Å². The Hall–Kier alpha value is -1.66. The number of furan rings is 1. The number of piperidine rings is 1. The maximum Gasteiger partial charge on any atom is 0.226 e. The van der Waals surface area contributed by atoms with Crippen LogP contribution in [-0.4, -0.2) is 42.0 Å². The van der Waals surface area contributed by atoms with Crippen LogP contribution in [0.3, 0.4) is 0 Å². The SMILES string of the molecule is C[C@@H]1C[C@H](C)CN(CCNC(=O)Cc2csc(-c3ccoc3)n2)C1. The molecule has 2 aromatic rings. The second-order valence-electron chi connectivity index (χ2n) is 6.89. The minimum absolute atomic E-state index is 0.0390. The van der Waals surface area contributed by atoms with Crippen LogP contribution in [0.2, 0.25) is 0 Å². The summed E-state index contributed by atoms with van der Waals surface area (Å²) in [6, 6.07) is 1.88. The average molecular weight is 347 g/mol. The molecular formula is C18H25N3O2S. The van der Waals surface area contributed by atoms with Gasteiger partial charge < -0.3 is 14.6 Å². The van der Waals surface area contributed by atoms with E-state index in [0.29, 0.717) is 13.0 Å². The van der Waals surface area contributed by atoms with Gasteiger partial charge in [0.05, 0.1) is 18.4 Å². The first-order valence-corrected chi connectivity index (χ1v) is 9.44. The summed E-state index contributed by atoms with van der Waals surface area (Å²) in [5.41, 5.74) is 1.77. The quantitative estimate of drug-likeness (QED) is 0.872. The molecule has 0 saturated carbocycles. The molecule has 130 valence electrons. The number of aromatic nitrogens is 1. The van der Waals surface area contributed by atoms with E-state index in [0.717, 1.165) is 47.7 Å². The predicted octanol–water partition coefficient (Wildman–Crippen LogP) is 3.04. The number of hydrogen-bond donors (Lipinski definition) is 1. The fourth-order valence-electron chi connectivity index (χ4n) is 3.46. The minimum Gasteiger partial charge on any atom is -0.472 e. The molecule has 1 N–H and O–H groups in total. The van der Waals surface area contributed by atoms with Gasteiger partial charge in [0.15, 0.2) is 0 Å². The van der Waals surface area contributed by atoms with Crippen LogP contribution >= 0.6 is 11.3 Å². The van der Waals surface area contributed by atoms with Crippen molar-refractivity contribution in [3.8, 4) is 10.6 Å². The lowest BCUT2D eigenvalue weighted by Crippen LogP contribution is -2.43. The van der Waals surface area contributed by atoms with Crippen LogP contribution in [0.15, 0.2) is 28.4 Å².